The zero-order valence-electron chi connectivity index (χ0n) is 30.3. The van der Waals surface area contributed by atoms with E-state index in [9.17, 15) is 0 Å². The lowest BCUT2D eigenvalue weighted by Gasteiger charge is -2.25. The third kappa shape index (κ3) is 4.41. The summed E-state index contributed by atoms with van der Waals surface area (Å²) in [5.41, 5.74) is 18.7. The predicted molar refractivity (Wildman–Crippen MR) is 231 cm³/mol. The Morgan fingerprint density at radius 3 is 1.23 bits per heavy atom. The first-order valence-corrected chi connectivity index (χ1v) is 19.1. The summed E-state index contributed by atoms with van der Waals surface area (Å²) in [7, 11) is 0. The van der Waals surface area contributed by atoms with Crippen LogP contribution in [0.4, 0.5) is 0 Å². The molecule has 56 heavy (non-hydrogen) atoms. The summed E-state index contributed by atoms with van der Waals surface area (Å²) in [4.78, 5) is 9.27. The molecular formula is C52H32N4. The average Bonchev–Trinajstić information content (AvgIpc) is 3.79. The summed E-state index contributed by atoms with van der Waals surface area (Å²) in [6, 6.07) is 62.1. The van der Waals surface area contributed by atoms with Crippen LogP contribution in [0, 0.1) is 0 Å². The maximum atomic E-state index is 4.64. The van der Waals surface area contributed by atoms with Crippen molar-refractivity contribution in [1.82, 2.24) is 19.1 Å². The number of benzene rings is 7. The number of hydrogen-bond acceptors (Lipinski definition) is 2. The Hall–Kier alpha value is -7.56. The number of para-hydroxylation sites is 2. The third-order valence-corrected chi connectivity index (χ3v) is 11.7. The Labute approximate surface area is 323 Å². The lowest BCUT2D eigenvalue weighted by Crippen LogP contribution is -2.02. The molecule has 0 bridgehead atoms. The summed E-state index contributed by atoms with van der Waals surface area (Å²) in [5.74, 6) is 0. The molecule has 0 atom stereocenters. The molecule has 1 aliphatic carbocycles. The first-order chi connectivity index (χ1) is 27.8. The van der Waals surface area contributed by atoms with Gasteiger partial charge in [-0.3, -0.25) is 9.97 Å². The molecule has 4 heteroatoms. The minimum Gasteiger partial charge on any atom is -0.308 e. The molecule has 0 saturated carbocycles. The Balaban J connectivity index is 1.23. The van der Waals surface area contributed by atoms with Crippen LogP contribution in [-0.2, 0) is 0 Å². The van der Waals surface area contributed by atoms with E-state index in [1.165, 1.54) is 71.6 Å². The van der Waals surface area contributed by atoms with Crippen molar-refractivity contribution in [3.05, 3.63) is 195 Å². The second kappa shape index (κ2) is 12.0. The van der Waals surface area contributed by atoms with Crippen LogP contribution in [0.5, 0.6) is 0 Å². The summed E-state index contributed by atoms with van der Waals surface area (Å²) in [6.07, 6.45) is 7.77. The number of fused-ring (bicyclic) bond motifs is 14. The van der Waals surface area contributed by atoms with Crippen LogP contribution < -0.4 is 0 Å². The quantitative estimate of drug-likeness (QED) is 0.183. The van der Waals surface area contributed by atoms with Crippen molar-refractivity contribution in [2.24, 2.45) is 0 Å². The second-order valence-electron chi connectivity index (χ2n) is 14.6. The van der Waals surface area contributed by atoms with Crippen LogP contribution in [0.15, 0.2) is 195 Å². The highest BCUT2D eigenvalue weighted by Crippen LogP contribution is 2.51. The zero-order chi connectivity index (χ0) is 36.7. The number of rotatable bonds is 3. The Kier molecular flexibility index (Phi) is 6.60. The standard InChI is InChI=1S/C52H32N4/c1-2-13-38-37(12-1)39-14-3-4-15-41(39)47-21-11-20-36(52(47)46-19-6-5-16-40(38)46)33-28-34(55-48-22-9-7-17-42(48)44-24-26-53-31-50(44)55)30-35(29-33)56-49-23-10-8-18-43(49)45-25-27-54-32-51(45)56/h1-32H. The minimum absolute atomic E-state index is 1.06. The SMILES string of the molecule is c1ccc2c(c1)-c1ccccc1-c1cccc(-c3cc(-n4c5ccccc5c5ccncc54)cc(-n4c5ccccc5c5ccncc54)c3)c1-c1ccccc1-2. The first kappa shape index (κ1) is 30.9. The molecule has 7 aromatic carbocycles. The largest absolute Gasteiger partial charge is 0.308 e. The van der Waals surface area contributed by atoms with Gasteiger partial charge in [-0.05, 0) is 98.1 Å². The van der Waals surface area contributed by atoms with E-state index in [0.717, 1.165) is 39.0 Å². The molecule has 0 saturated heterocycles. The summed E-state index contributed by atoms with van der Waals surface area (Å²) in [5, 5.41) is 4.76. The molecule has 11 aromatic rings. The van der Waals surface area contributed by atoms with Gasteiger partial charge in [0.2, 0.25) is 0 Å². The lowest BCUT2D eigenvalue weighted by molar-refractivity contribution is 1.12. The molecule has 0 N–H and O–H groups in total. The fourth-order valence-corrected chi connectivity index (χ4v) is 9.35. The van der Waals surface area contributed by atoms with Gasteiger partial charge in [-0.25, -0.2) is 0 Å². The Morgan fingerprint density at radius 1 is 0.304 bits per heavy atom. The predicted octanol–water partition coefficient (Wildman–Crippen LogP) is 13.3. The van der Waals surface area contributed by atoms with Gasteiger partial charge in [-0.1, -0.05) is 127 Å². The maximum absolute atomic E-state index is 4.64. The van der Waals surface area contributed by atoms with E-state index >= 15 is 0 Å². The molecule has 0 spiro atoms. The first-order valence-electron chi connectivity index (χ1n) is 19.1. The molecule has 260 valence electrons. The average molecular weight is 713 g/mol. The van der Waals surface area contributed by atoms with Crippen molar-refractivity contribution < 1.29 is 0 Å². The molecule has 0 radical (unpaired) electrons. The van der Waals surface area contributed by atoms with Gasteiger partial charge in [0.05, 0.1) is 34.5 Å². The Morgan fingerprint density at radius 2 is 0.696 bits per heavy atom. The van der Waals surface area contributed by atoms with E-state index in [1.54, 1.807) is 0 Å². The monoisotopic (exact) mass is 712 g/mol. The molecule has 0 unspecified atom stereocenters. The molecule has 4 nitrogen and oxygen atoms in total. The summed E-state index contributed by atoms with van der Waals surface area (Å²) in [6.45, 7) is 0. The second-order valence-corrected chi connectivity index (χ2v) is 14.6. The van der Waals surface area contributed by atoms with Gasteiger partial charge in [-0.15, -0.1) is 0 Å². The number of aromatic nitrogens is 4. The molecule has 12 rings (SSSR count). The van der Waals surface area contributed by atoms with Gasteiger partial charge in [0.25, 0.3) is 0 Å². The number of hydrogen-bond donors (Lipinski definition) is 0. The van der Waals surface area contributed by atoms with Crippen molar-refractivity contribution in [2.75, 3.05) is 0 Å². The zero-order valence-corrected chi connectivity index (χ0v) is 30.3. The van der Waals surface area contributed by atoms with E-state index in [4.69, 9.17) is 0 Å². The van der Waals surface area contributed by atoms with Crippen LogP contribution in [-0.4, -0.2) is 19.1 Å². The van der Waals surface area contributed by atoms with E-state index in [0.29, 0.717) is 0 Å². The maximum Gasteiger partial charge on any atom is 0.0724 e. The molecule has 0 amide bonds. The minimum atomic E-state index is 1.06. The van der Waals surface area contributed by atoms with Crippen molar-refractivity contribution >= 4 is 43.6 Å². The molecule has 0 fully saturated rings. The molecular weight excluding hydrogens is 681 g/mol. The smallest absolute Gasteiger partial charge is 0.0724 e. The van der Waals surface area contributed by atoms with Crippen molar-refractivity contribution in [1.29, 1.82) is 0 Å². The van der Waals surface area contributed by atoms with E-state index in [1.807, 2.05) is 24.8 Å². The van der Waals surface area contributed by atoms with Gasteiger partial charge < -0.3 is 9.13 Å². The fraction of sp³-hybridized carbons (Fsp3) is 0. The van der Waals surface area contributed by atoms with Crippen LogP contribution in [0.3, 0.4) is 0 Å². The van der Waals surface area contributed by atoms with Crippen LogP contribution in [0.1, 0.15) is 0 Å². The van der Waals surface area contributed by atoms with Crippen LogP contribution in [0.2, 0.25) is 0 Å². The van der Waals surface area contributed by atoms with Crippen molar-refractivity contribution in [2.45, 2.75) is 0 Å². The molecule has 1 aliphatic rings. The highest BCUT2D eigenvalue weighted by molar-refractivity contribution is 6.11. The Bertz CT molecular complexity index is 3140. The van der Waals surface area contributed by atoms with E-state index < -0.39 is 0 Å². The third-order valence-electron chi connectivity index (χ3n) is 11.7. The number of nitrogens with zero attached hydrogens (tertiary/aromatic N) is 4. The summed E-state index contributed by atoms with van der Waals surface area (Å²) < 4.78 is 4.76. The van der Waals surface area contributed by atoms with E-state index in [2.05, 4.69) is 189 Å². The van der Waals surface area contributed by atoms with Gasteiger partial charge in [0, 0.05) is 45.3 Å². The van der Waals surface area contributed by atoms with Gasteiger partial charge in [0.1, 0.15) is 0 Å². The van der Waals surface area contributed by atoms with Crippen molar-refractivity contribution in [3.63, 3.8) is 0 Å². The summed E-state index contributed by atoms with van der Waals surface area (Å²) >= 11 is 0. The van der Waals surface area contributed by atoms with Crippen LogP contribution >= 0.6 is 0 Å². The number of pyridine rings is 2. The topological polar surface area (TPSA) is 35.6 Å². The van der Waals surface area contributed by atoms with Gasteiger partial charge >= 0.3 is 0 Å². The van der Waals surface area contributed by atoms with E-state index in [-0.39, 0.29) is 0 Å². The normalized spacial score (nSPS) is 11.9. The highest BCUT2D eigenvalue weighted by atomic mass is 15.0. The fourth-order valence-electron chi connectivity index (χ4n) is 9.35. The van der Waals surface area contributed by atoms with Crippen LogP contribution in [0.25, 0.3) is 111 Å². The lowest BCUT2D eigenvalue weighted by atomic mass is 9.78. The van der Waals surface area contributed by atoms with Gasteiger partial charge in [-0.2, -0.15) is 0 Å². The van der Waals surface area contributed by atoms with Gasteiger partial charge in [0.15, 0.2) is 0 Å². The van der Waals surface area contributed by atoms with Crippen molar-refractivity contribution in [3.8, 4) is 67.0 Å². The highest BCUT2D eigenvalue weighted by Gasteiger charge is 2.25. The molecule has 4 aromatic heterocycles. The molecule has 0 aliphatic heterocycles. The molecule has 4 heterocycles.